The highest BCUT2D eigenvalue weighted by Gasteiger charge is 2.22. The zero-order valence-corrected chi connectivity index (χ0v) is 18.9. The van der Waals surface area contributed by atoms with Crippen LogP contribution in [0.15, 0.2) is 47.6 Å². The van der Waals surface area contributed by atoms with Crippen LogP contribution < -0.4 is 10.2 Å². The Balaban J connectivity index is 1.53. The van der Waals surface area contributed by atoms with Gasteiger partial charge in [-0.15, -0.1) is 10.2 Å². The van der Waals surface area contributed by atoms with E-state index in [1.807, 2.05) is 30.5 Å². The van der Waals surface area contributed by atoms with Crippen LogP contribution in [0.5, 0.6) is 0 Å². The predicted molar refractivity (Wildman–Crippen MR) is 124 cm³/mol. The third-order valence-corrected chi connectivity index (χ3v) is 5.97. The lowest BCUT2D eigenvalue weighted by molar-refractivity contribution is -0.113. The second-order valence-electron chi connectivity index (χ2n) is 7.77. The molecule has 4 rings (SSSR count). The molecule has 8 heteroatoms. The number of aromatic nitrogens is 3. The first-order valence-corrected chi connectivity index (χ1v) is 11.3. The summed E-state index contributed by atoms with van der Waals surface area (Å²) in [7, 11) is 0. The van der Waals surface area contributed by atoms with Crippen LogP contribution in [-0.2, 0) is 9.53 Å². The number of amides is 1. The van der Waals surface area contributed by atoms with Crippen LogP contribution in [0.2, 0.25) is 0 Å². The van der Waals surface area contributed by atoms with E-state index in [2.05, 4.69) is 57.7 Å². The minimum atomic E-state index is -0.0682. The van der Waals surface area contributed by atoms with Gasteiger partial charge in [0.2, 0.25) is 11.9 Å². The molecule has 2 heterocycles. The molecule has 0 bridgehead atoms. The van der Waals surface area contributed by atoms with Gasteiger partial charge in [0, 0.05) is 18.8 Å². The van der Waals surface area contributed by atoms with Gasteiger partial charge in [0.1, 0.15) is 0 Å². The van der Waals surface area contributed by atoms with Crippen molar-refractivity contribution in [3.63, 3.8) is 0 Å². The van der Waals surface area contributed by atoms with Crippen LogP contribution in [0.25, 0.3) is 5.69 Å². The minimum absolute atomic E-state index is 0.0682. The summed E-state index contributed by atoms with van der Waals surface area (Å²) in [4.78, 5) is 14.8. The van der Waals surface area contributed by atoms with E-state index in [1.54, 1.807) is 0 Å². The summed E-state index contributed by atoms with van der Waals surface area (Å²) in [6.07, 6.45) is 0. The maximum Gasteiger partial charge on any atom is 0.234 e. The van der Waals surface area contributed by atoms with E-state index >= 15 is 0 Å². The Hall–Kier alpha value is -2.84. The van der Waals surface area contributed by atoms with Gasteiger partial charge in [0.05, 0.1) is 24.7 Å². The lowest BCUT2D eigenvalue weighted by Gasteiger charge is -2.27. The summed E-state index contributed by atoms with van der Waals surface area (Å²) >= 11 is 1.39. The monoisotopic (exact) mass is 437 g/mol. The maximum absolute atomic E-state index is 12.6. The van der Waals surface area contributed by atoms with Crippen LogP contribution >= 0.6 is 11.8 Å². The molecule has 0 radical (unpaired) electrons. The van der Waals surface area contributed by atoms with Gasteiger partial charge in [-0.25, -0.2) is 0 Å². The van der Waals surface area contributed by atoms with Crippen molar-refractivity contribution in [3.05, 3.63) is 59.2 Å². The number of morpholine rings is 1. The molecule has 3 aromatic rings. The predicted octanol–water partition coefficient (Wildman–Crippen LogP) is 3.76. The quantitative estimate of drug-likeness (QED) is 0.592. The fraction of sp³-hybridized carbons (Fsp3) is 0.348. The van der Waals surface area contributed by atoms with E-state index in [0.29, 0.717) is 18.4 Å². The van der Waals surface area contributed by atoms with E-state index in [-0.39, 0.29) is 11.7 Å². The SMILES string of the molecule is Cc1ccc(-n2c(SCC(=O)Nc3cc(C)cc(C)c3)nnc2N2CCOCC2)cc1. The van der Waals surface area contributed by atoms with Gasteiger partial charge < -0.3 is 15.0 Å². The summed E-state index contributed by atoms with van der Waals surface area (Å²) < 4.78 is 7.51. The molecule has 31 heavy (non-hydrogen) atoms. The average Bonchev–Trinajstić information content (AvgIpc) is 3.17. The van der Waals surface area contributed by atoms with E-state index in [9.17, 15) is 4.79 Å². The number of thioether (sulfide) groups is 1. The normalized spacial score (nSPS) is 14.0. The Morgan fingerprint density at radius 3 is 2.35 bits per heavy atom. The molecule has 1 aliphatic heterocycles. The molecule has 1 saturated heterocycles. The Morgan fingerprint density at radius 2 is 1.68 bits per heavy atom. The van der Waals surface area contributed by atoms with Crippen molar-refractivity contribution < 1.29 is 9.53 Å². The lowest BCUT2D eigenvalue weighted by atomic mass is 10.1. The Bertz CT molecular complexity index is 1040. The summed E-state index contributed by atoms with van der Waals surface area (Å²) in [5.41, 5.74) is 5.23. The van der Waals surface area contributed by atoms with Gasteiger partial charge in [-0.1, -0.05) is 35.5 Å². The molecule has 0 aliphatic carbocycles. The number of benzene rings is 2. The topological polar surface area (TPSA) is 72.3 Å². The second-order valence-corrected chi connectivity index (χ2v) is 8.71. The van der Waals surface area contributed by atoms with Gasteiger partial charge in [-0.05, 0) is 56.2 Å². The molecule has 1 aliphatic rings. The summed E-state index contributed by atoms with van der Waals surface area (Å²) in [6.45, 7) is 8.97. The molecule has 0 atom stereocenters. The standard InChI is InChI=1S/C23H27N5O2S/c1-16-4-6-20(7-5-16)28-22(27-8-10-30-11-9-27)25-26-23(28)31-15-21(29)24-19-13-17(2)12-18(3)14-19/h4-7,12-14H,8-11,15H2,1-3H3,(H,24,29). The molecule has 0 unspecified atom stereocenters. The van der Waals surface area contributed by atoms with Crippen molar-refractivity contribution >= 4 is 29.3 Å². The van der Waals surface area contributed by atoms with Gasteiger partial charge in [0.25, 0.3) is 0 Å². The number of hydrogen-bond donors (Lipinski definition) is 1. The Morgan fingerprint density at radius 1 is 1.00 bits per heavy atom. The largest absolute Gasteiger partial charge is 0.378 e. The zero-order chi connectivity index (χ0) is 21.8. The first-order chi connectivity index (χ1) is 15.0. The number of nitrogens with one attached hydrogen (secondary N) is 1. The molecule has 1 amide bonds. The number of carbonyl (C=O) groups is 1. The van der Waals surface area contributed by atoms with Crippen molar-refractivity contribution in [2.45, 2.75) is 25.9 Å². The Labute approximate surface area is 186 Å². The van der Waals surface area contributed by atoms with Crippen LogP contribution in [0.1, 0.15) is 16.7 Å². The van der Waals surface area contributed by atoms with E-state index in [4.69, 9.17) is 4.74 Å². The molecule has 162 valence electrons. The number of aryl methyl sites for hydroxylation is 3. The first-order valence-electron chi connectivity index (χ1n) is 10.4. The molecule has 1 aromatic heterocycles. The number of carbonyl (C=O) groups excluding carboxylic acids is 1. The number of hydrogen-bond acceptors (Lipinski definition) is 6. The third kappa shape index (κ3) is 5.26. The van der Waals surface area contributed by atoms with Gasteiger partial charge >= 0.3 is 0 Å². The molecule has 1 N–H and O–H groups in total. The van der Waals surface area contributed by atoms with Crippen molar-refractivity contribution in [1.82, 2.24) is 14.8 Å². The minimum Gasteiger partial charge on any atom is -0.378 e. The van der Waals surface area contributed by atoms with Gasteiger partial charge in [-0.2, -0.15) is 0 Å². The highest BCUT2D eigenvalue weighted by atomic mass is 32.2. The molecule has 7 nitrogen and oxygen atoms in total. The Kier molecular flexibility index (Phi) is 6.58. The lowest BCUT2D eigenvalue weighted by Crippen LogP contribution is -2.37. The van der Waals surface area contributed by atoms with E-state index < -0.39 is 0 Å². The fourth-order valence-corrected chi connectivity index (χ4v) is 4.36. The fourth-order valence-electron chi connectivity index (χ4n) is 3.62. The maximum atomic E-state index is 12.6. The second kappa shape index (κ2) is 9.53. The summed E-state index contributed by atoms with van der Waals surface area (Å²) in [6, 6.07) is 14.3. The first kappa shape index (κ1) is 21.4. The van der Waals surface area contributed by atoms with Gasteiger partial charge in [0.15, 0.2) is 5.16 Å². The molecular weight excluding hydrogens is 410 g/mol. The van der Waals surface area contributed by atoms with Crippen molar-refractivity contribution in [1.29, 1.82) is 0 Å². The van der Waals surface area contributed by atoms with Crippen LogP contribution in [0, 0.1) is 20.8 Å². The van der Waals surface area contributed by atoms with Crippen molar-refractivity contribution in [2.75, 3.05) is 42.3 Å². The number of anilines is 2. The molecule has 1 fully saturated rings. The van der Waals surface area contributed by atoms with Crippen molar-refractivity contribution in [3.8, 4) is 5.69 Å². The highest BCUT2D eigenvalue weighted by molar-refractivity contribution is 7.99. The highest BCUT2D eigenvalue weighted by Crippen LogP contribution is 2.27. The summed E-state index contributed by atoms with van der Waals surface area (Å²) in [5, 5.41) is 12.5. The number of ether oxygens (including phenoxy) is 1. The third-order valence-electron chi connectivity index (χ3n) is 5.04. The molecule has 2 aromatic carbocycles. The van der Waals surface area contributed by atoms with Crippen molar-refractivity contribution in [2.24, 2.45) is 0 Å². The number of rotatable bonds is 6. The zero-order valence-electron chi connectivity index (χ0n) is 18.1. The molecule has 0 saturated carbocycles. The molecule has 0 spiro atoms. The smallest absolute Gasteiger partial charge is 0.234 e. The van der Waals surface area contributed by atoms with Crippen LogP contribution in [-0.4, -0.2) is 52.7 Å². The van der Waals surface area contributed by atoms with Crippen LogP contribution in [0.3, 0.4) is 0 Å². The van der Waals surface area contributed by atoms with E-state index in [1.165, 1.54) is 17.3 Å². The van der Waals surface area contributed by atoms with Gasteiger partial charge in [-0.3, -0.25) is 9.36 Å². The van der Waals surface area contributed by atoms with Crippen LogP contribution in [0.4, 0.5) is 11.6 Å². The number of nitrogens with zero attached hydrogens (tertiary/aromatic N) is 4. The van der Waals surface area contributed by atoms with E-state index in [0.717, 1.165) is 41.5 Å². The average molecular weight is 438 g/mol. The summed E-state index contributed by atoms with van der Waals surface area (Å²) in [5.74, 6) is 0.964. The molecular formula is C23H27N5O2S.